The van der Waals surface area contributed by atoms with Crippen LogP contribution in [-0.2, 0) is 17.9 Å². The standard InChI is InChI=1S/C19H13BrFN5O2/c20-13-5-1-12(2-6-13)18-22-19(28-24-18)17-15-10-27-16(9-26(15)25-23-17)11-3-7-14(21)8-4-11/h1-8,16H,9-10H2/t16-/m0/s1. The zero-order valence-electron chi connectivity index (χ0n) is 14.4. The summed E-state index contributed by atoms with van der Waals surface area (Å²) < 4.78 is 27.2. The lowest BCUT2D eigenvalue weighted by molar-refractivity contribution is -0.00120. The maximum Gasteiger partial charge on any atom is 0.280 e. The van der Waals surface area contributed by atoms with E-state index in [1.807, 2.05) is 24.3 Å². The summed E-state index contributed by atoms with van der Waals surface area (Å²) in [5.74, 6) is 0.495. The van der Waals surface area contributed by atoms with Crippen molar-refractivity contribution in [3.05, 3.63) is 70.1 Å². The van der Waals surface area contributed by atoms with Crippen LogP contribution in [0, 0.1) is 5.82 Å². The largest absolute Gasteiger partial charge is 0.365 e. The van der Waals surface area contributed by atoms with Gasteiger partial charge >= 0.3 is 0 Å². The minimum atomic E-state index is -0.277. The highest BCUT2D eigenvalue weighted by Crippen LogP contribution is 2.31. The van der Waals surface area contributed by atoms with E-state index in [4.69, 9.17) is 9.26 Å². The molecule has 0 unspecified atom stereocenters. The number of nitrogens with zero attached hydrogens (tertiary/aromatic N) is 5. The van der Waals surface area contributed by atoms with Crippen molar-refractivity contribution in [1.29, 1.82) is 0 Å². The predicted molar refractivity (Wildman–Crippen MR) is 100 cm³/mol. The minimum Gasteiger partial charge on any atom is -0.365 e. The molecule has 9 heteroatoms. The molecule has 0 aliphatic carbocycles. The first kappa shape index (κ1) is 17.2. The Morgan fingerprint density at radius 3 is 2.64 bits per heavy atom. The van der Waals surface area contributed by atoms with Crippen molar-refractivity contribution in [1.82, 2.24) is 25.1 Å². The monoisotopic (exact) mass is 441 g/mol. The second-order valence-corrected chi connectivity index (χ2v) is 7.26. The van der Waals surface area contributed by atoms with Crippen molar-refractivity contribution in [2.75, 3.05) is 0 Å². The van der Waals surface area contributed by atoms with Gasteiger partial charge in [0.2, 0.25) is 5.82 Å². The number of aromatic nitrogens is 5. The molecule has 2 aromatic carbocycles. The van der Waals surface area contributed by atoms with E-state index in [1.54, 1.807) is 16.8 Å². The van der Waals surface area contributed by atoms with Gasteiger partial charge in [-0.3, -0.25) is 0 Å². The van der Waals surface area contributed by atoms with Crippen LogP contribution in [0.2, 0.25) is 0 Å². The SMILES string of the molecule is Fc1ccc([C@@H]2Cn3nnc(-c4nc(-c5ccc(Br)cc5)no4)c3CO2)cc1. The summed E-state index contributed by atoms with van der Waals surface area (Å²) in [7, 11) is 0. The molecule has 0 saturated heterocycles. The van der Waals surface area contributed by atoms with E-state index in [2.05, 4.69) is 36.4 Å². The van der Waals surface area contributed by atoms with E-state index in [9.17, 15) is 4.39 Å². The Hall–Kier alpha value is -2.91. The van der Waals surface area contributed by atoms with Crippen molar-refractivity contribution in [2.24, 2.45) is 0 Å². The van der Waals surface area contributed by atoms with Crippen LogP contribution in [0.3, 0.4) is 0 Å². The second-order valence-electron chi connectivity index (χ2n) is 6.35. The second kappa shape index (κ2) is 6.92. The Morgan fingerprint density at radius 1 is 1.07 bits per heavy atom. The van der Waals surface area contributed by atoms with Crippen LogP contribution in [0.25, 0.3) is 23.0 Å². The highest BCUT2D eigenvalue weighted by Gasteiger charge is 2.28. The molecule has 0 radical (unpaired) electrons. The average molecular weight is 442 g/mol. The zero-order chi connectivity index (χ0) is 19.1. The van der Waals surface area contributed by atoms with E-state index < -0.39 is 0 Å². The van der Waals surface area contributed by atoms with Crippen LogP contribution >= 0.6 is 15.9 Å². The van der Waals surface area contributed by atoms with E-state index in [1.165, 1.54) is 12.1 Å². The fourth-order valence-electron chi connectivity index (χ4n) is 3.09. The fraction of sp³-hybridized carbons (Fsp3) is 0.158. The van der Waals surface area contributed by atoms with Gasteiger partial charge in [-0.05, 0) is 42.0 Å². The van der Waals surface area contributed by atoms with Crippen LogP contribution in [0.5, 0.6) is 0 Å². The van der Waals surface area contributed by atoms with Crippen molar-refractivity contribution in [3.8, 4) is 23.0 Å². The van der Waals surface area contributed by atoms with Gasteiger partial charge in [0, 0.05) is 10.0 Å². The molecule has 28 heavy (non-hydrogen) atoms. The number of fused-ring (bicyclic) bond motifs is 1. The molecule has 0 saturated carbocycles. The summed E-state index contributed by atoms with van der Waals surface area (Å²) in [4.78, 5) is 4.44. The highest BCUT2D eigenvalue weighted by atomic mass is 79.9. The van der Waals surface area contributed by atoms with Crippen LogP contribution < -0.4 is 0 Å². The lowest BCUT2D eigenvalue weighted by Crippen LogP contribution is -2.22. The third-order valence-electron chi connectivity index (χ3n) is 4.57. The van der Waals surface area contributed by atoms with Gasteiger partial charge in [-0.2, -0.15) is 4.98 Å². The van der Waals surface area contributed by atoms with Gasteiger partial charge in [0.1, 0.15) is 11.9 Å². The predicted octanol–water partition coefficient (Wildman–Crippen LogP) is 4.17. The topological polar surface area (TPSA) is 78.9 Å². The molecule has 7 nitrogen and oxygen atoms in total. The Bertz CT molecular complexity index is 1120. The quantitative estimate of drug-likeness (QED) is 0.474. The highest BCUT2D eigenvalue weighted by molar-refractivity contribution is 9.10. The Morgan fingerprint density at radius 2 is 1.86 bits per heavy atom. The molecule has 4 aromatic rings. The third-order valence-corrected chi connectivity index (χ3v) is 5.10. The van der Waals surface area contributed by atoms with Crippen molar-refractivity contribution in [2.45, 2.75) is 19.3 Å². The van der Waals surface area contributed by atoms with Crippen molar-refractivity contribution in [3.63, 3.8) is 0 Å². The summed E-state index contributed by atoms with van der Waals surface area (Å²) in [6, 6.07) is 13.9. The summed E-state index contributed by atoms with van der Waals surface area (Å²) in [6.45, 7) is 0.766. The Balaban J connectivity index is 1.41. The summed E-state index contributed by atoms with van der Waals surface area (Å²) in [5.41, 5.74) is 3.00. The molecule has 140 valence electrons. The van der Waals surface area contributed by atoms with Crippen LogP contribution in [0.15, 0.2) is 57.5 Å². The van der Waals surface area contributed by atoms with E-state index in [0.29, 0.717) is 30.6 Å². The molecule has 0 N–H and O–H groups in total. The Labute approximate surface area is 167 Å². The van der Waals surface area contributed by atoms with Crippen molar-refractivity contribution < 1.29 is 13.7 Å². The molecule has 1 aliphatic heterocycles. The van der Waals surface area contributed by atoms with Gasteiger partial charge in [-0.25, -0.2) is 9.07 Å². The lowest BCUT2D eigenvalue weighted by Gasteiger charge is -2.24. The molecule has 1 atom stereocenters. The molecule has 1 aliphatic rings. The molecular formula is C19H13BrFN5O2. The molecule has 2 aromatic heterocycles. The summed E-state index contributed by atoms with van der Waals surface area (Å²) in [5, 5.41) is 12.4. The number of halogens is 2. The first-order valence-electron chi connectivity index (χ1n) is 8.57. The lowest BCUT2D eigenvalue weighted by atomic mass is 10.1. The van der Waals surface area contributed by atoms with Gasteiger partial charge in [-0.15, -0.1) is 5.10 Å². The molecule has 0 fully saturated rings. The molecular weight excluding hydrogens is 429 g/mol. The Kier molecular flexibility index (Phi) is 4.25. The number of ether oxygens (including phenoxy) is 1. The normalized spacial score (nSPS) is 16.1. The summed E-state index contributed by atoms with van der Waals surface area (Å²) in [6.07, 6.45) is -0.219. The van der Waals surface area contributed by atoms with E-state index in [0.717, 1.165) is 21.3 Å². The number of hydrogen-bond acceptors (Lipinski definition) is 6. The van der Waals surface area contributed by atoms with E-state index >= 15 is 0 Å². The number of benzene rings is 2. The van der Waals surface area contributed by atoms with Gasteiger partial charge in [0.25, 0.3) is 5.89 Å². The molecule has 3 heterocycles. The first-order chi connectivity index (χ1) is 13.7. The minimum absolute atomic E-state index is 0.219. The van der Waals surface area contributed by atoms with E-state index in [-0.39, 0.29) is 11.9 Å². The van der Waals surface area contributed by atoms with Crippen LogP contribution in [0.1, 0.15) is 17.4 Å². The van der Waals surface area contributed by atoms with Crippen molar-refractivity contribution >= 4 is 15.9 Å². The zero-order valence-corrected chi connectivity index (χ0v) is 16.0. The maximum absolute atomic E-state index is 13.1. The smallest absolute Gasteiger partial charge is 0.280 e. The average Bonchev–Trinajstić information content (AvgIpc) is 3.35. The third kappa shape index (κ3) is 3.12. The molecule has 0 amide bonds. The molecule has 0 spiro atoms. The van der Waals surface area contributed by atoms with Crippen LogP contribution in [0.4, 0.5) is 4.39 Å². The van der Waals surface area contributed by atoms with Gasteiger partial charge in [0.15, 0.2) is 5.69 Å². The summed E-state index contributed by atoms with van der Waals surface area (Å²) >= 11 is 3.40. The first-order valence-corrected chi connectivity index (χ1v) is 9.36. The van der Waals surface area contributed by atoms with Crippen LogP contribution in [-0.4, -0.2) is 25.1 Å². The van der Waals surface area contributed by atoms with Gasteiger partial charge < -0.3 is 9.26 Å². The molecule has 0 bridgehead atoms. The van der Waals surface area contributed by atoms with Gasteiger partial charge in [-0.1, -0.05) is 38.4 Å². The fourth-order valence-corrected chi connectivity index (χ4v) is 3.36. The number of hydrogen-bond donors (Lipinski definition) is 0. The number of rotatable bonds is 3. The van der Waals surface area contributed by atoms with Gasteiger partial charge in [0.05, 0.1) is 18.8 Å². The maximum atomic E-state index is 13.1. The molecule has 5 rings (SSSR count).